The van der Waals surface area contributed by atoms with Crippen LogP contribution in [0.2, 0.25) is 0 Å². The van der Waals surface area contributed by atoms with Crippen LogP contribution in [-0.2, 0) is 4.79 Å². The van der Waals surface area contributed by atoms with Gasteiger partial charge < -0.3 is 10.2 Å². The van der Waals surface area contributed by atoms with Gasteiger partial charge in [-0.15, -0.1) is 0 Å². The van der Waals surface area contributed by atoms with Crippen molar-refractivity contribution in [1.82, 2.24) is 10.2 Å². The van der Waals surface area contributed by atoms with Crippen molar-refractivity contribution in [2.75, 3.05) is 37.6 Å². The molecule has 0 aromatic heterocycles. The minimum absolute atomic E-state index is 0.128. The van der Waals surface area contributed by atoms with Gasteiger partial charge in [-0.2, -0.15) is 0 Å². The van der Waals surface area contributed by atoms with Gasteiger partial charge in [0.15, 0.2) is 0 Å². The van der Waals surface area contributed by atoms with Crippen LogP contribution in [0.4, 0.5) is 5.69 Å². The lowest BCUT2D eigenvalue weighted by molar-refractivity contribution is -0.122. The molecule has 0 aliphatic carbocycles. The van der Waals surface area contributed by atoms with Crippen LogP contribution in [0.3, 0.4) is 0 Å². The predicted molar refractivity (Wildman–Crippen MR) is 78.4 cm³/mol. The fourth-order valence-electron chi connectivity index (χ4n) is 2.37. The van der Waals surface area contributed by atoms with Crippen LogP contribution in [0, 0.1) is 0 Å². The SMILES string of the molecule is CC(C)NC(=O)CN1CCN(c2ccccc2)CC1. The molecule has 1 aliphatic rings. The largest absolute Gasteiger partial charge is 0.369 e. The molecule has 0 atom stereocenters. The highest BCUT2D eigenvalue weighted by molar-refractivity contribution is 5.78. The second-order valence-corrected chi connectivity index (χ2v) is 5.32. The van der Waals surface area contributed by atoms with Crippen molar-refractivity contribution < 1.29 is 4.79 Å². The molecule has 4 nitrogen and oxygen atoms in total. The third-order valence-corrected chi connectivity index (χ3v) is 3.31. The van der Waals surface area contributed by atoms with Crippen LogP contribution < -0.4 is 10.2 Å². The molecule has 1 fully saturated rings. The van der Waals surface area contributed by atoms with Gasteiger partial charge in [0.05, 0.1) is 6.54 Å². The number of anilines is 1. The Hall–Kier alpha value is -1.55. The van der Waals surface area contributed by atoms with Crippen molar-refractivity contribution in [3.63, 3.8) is 0 Å². The molecule has 0 unspecified atom stereocenters. The van der Waals surface area contributed by atoms with Crippen LogP contribution in [0.15, 0.2) is 30.3 Å². The minimum Gasteiger partial charge on any atom is -0.369 e. The molecule has 4 heteroatoms. The fourth-order valence-corrected chi connectivity index (χ4v) is 2.37. The lowest BCUT2D eigenvalue weighted by Crippen LogP contribution is -2.50. The molecule has 0 saturated carbocycles. The number of nitrogens with one attached hydrogen (secondary N) is 1. The summed E-state index contributed by atoms with van der Waals surface area (Å²) in [6.45, 7) is 8.36. The van der Waals surface area contributed by atoms with E-state index in [0.717, 1.165) is 26.2 Å². The maximum atomic E-state index is 11.7. The van der Waals surface area contributed by atoms with E-state index in [1.165, 1.54) is 5.69 Å². The molecule has 1 aromatic carbocycles. The quantitative estimate of drug-likeness (QED) is 0.888. The molecule has 1 aromatic rings. The van der Waals surface area contributed by atoms with E-state index in [1.54, 1.807) is 0 Å². The Morgan fingerprint density at radius 1 is 1.16 bits per heavy atom. The summed E-state index contributed by atoms with van der Waals surface area (Å²) in [4.78, 5) is 16.3. The maximum absolute atomic E-state index is 11.7. The lowest BCUT2D eigenvalue weighted by atomic mass is 10.2. The maximum Gasteiger partial charge on any atom is 0.234 e. The van der Waals surface area contributed by atoms with Gasteiger partial charge in [0.2, 0.25) is 5.91 Å². The highest BCUT2D eigenvalue weighted by atomic mass is 16.2. The van der Waals surface area contributed by atoms with E-state index in [9.17, 15) is 4.79 Å². The van der Waals surface area contributed by atoms with Crippen molar-refractivity contribution in [3.8, 4) is 0 Å². The normalized spacial score (nSPS) is 16.7. The summed E-state index contributed by atoms with van der Waals surface area (Å²) in [5.74, 6) is 0.128. The van der Waals surface area contributed by atoms with Crippen LogP contribution in [0.5, 0.6) is 0 Å². The first-order valence-electron chi connectivity index (χ1n) is 6.97. The first-order chi connectivity index (χ1) is 9.15. The Bertz CT molecular complexity index is 397. The third kappa shape index (κ3) is 4.24. The molecule has 1 N–H and O–H groups in total. The number of carbonyl (C=O) groups is 1. The zero-order chi connectivity index (χ0) is 13.7. The first kappa shape index (κ1) is 13.9. The predicted octanol–water partition coefficient (Wildman–Crippen LogP) is 1.33. The second-order valence-electron chi connectivity index (χ2n) is 5.32. The average molecular weight is 261 g/mol. The van der Waals surface area contributed by atoms with Gasteiger partial charge in [-0.25, -0.2) is 0 Å². The summed E-state index contributed by atoms with van der Waals surface area (Å²) in [6.07, 6.45) is 0. The number of hydrogen-bond acceptors (Lipinski definition) is 3. The van der Waals surface area contributed by atoms with Crippen molar-refractivity contribution in [2.45, 2.75) is 19.9 Å². The smallest absolute Gasteiger partial charge is 0.234 e. The van der Waals surface area contributed by atoms with Gasteiger partial charge in [-0.05, 0) is 26.0 Å². The second kappa shape index (κ2) is 6.57. The molecular weight excluding hydrogens is 238 g/mol. The molecule has 1 saturated heterocycles. The Morgan fingerprint density at radius 3 is 2.37 bits per heavy atom. The van der Waals surface area contributed by atoms with Gasteiger partial charge in [0.25, 0.3) is 0 Å². The highest BCUT2D eigenvalue weighted by Crippen LogP contribution is 2.15. The number of para-hydroxylation sites is 1. The average Bonchev–Trinajstić information content (AvgIpc) is 2.39. The summed E-state index contributed by atoms with van der Waals surface area (Å²) >= 11 is 0. The first-order valence-corrected chi connectivity index (χ1v) is 6.97. The summed E-state index contributed by atoms with van der Waals surface area (Å²) in [7, 11) is 0. The molecule has 1 amide bonds. The number of rotatable bonds is 4. The van der Waals surface area contributed by atoms with Crippen molar-refractivity contribution in [2.24, 2.45) is 0 Å². The highest BCUT2D eigenvalue weighted by Gasteiger charge is 2.19. The van der Waals surface area contributed by atoms with Crippen LogP contribution >= 0.6 is 0 Å². The summed E-state index contributed by atoms with van der Waals surface area (Å²) in [5, 5.41) is 2.94. The van der Waals surface area contributed by atoms with E-state index >= 15 is 0 Å². The van der Waals surface area contributed by atoms with Crippen LogP contribution in [-0.4, -0.2) is 49.6 Å². The third-order valence-electron chi connectivity index (χ3n) is 3.31. The van der Waals surface area contributed by atoms with Crippen LogP contribution in [0.25, 0.3) is 0 Å². The molecule has 0 radical (unpaired) electrons. The molecule has 2 rings (SSSR count). The van der Waals surface area contributed by atoms with Crippen molar-refractivity contribution in [3.05, 3.63) is 30.3 Å². The van der Waals surface area contributed by atoms with E-state index in [2.05, 4.69) is 39.4 Å². The van der Waals surface area contributed by atoms with Gasteiger partial charge in [0.1, 0.15) is 0 Å². The number of piperazine rings is 1. The Labute approximate surface area is 115 Å². The van der Waals surface area contributed by atoms with Gasteiger partial charge in [-0.3, -0.25) is 9.69 Å². The molecule has 1 aliphatic heterocycles. The fraction of sp³-hybridized carbons (Fsp3) is 0.533. The Balaban J connectivity index is 1.78. The molecule has 104 valence electrons. The number of nitrogens with zero attached hydrogens (tertiary/aromatic N) is 2. The number of hydrogen-bond donors (Lipinski definition) is 1. The van der Waals surface area contributed by atoms with Gasteiger partial charge in [0, 0.05) is 37.9 Å². The lowest BCUT2D eigenvalue weighted by Gasteiger charge is -2.35. The molecule has 1 heterocycles. The Morgan fingerprint density at radius 2 is 1.79 bits per heavy atom. The zero-order valence-electron chi connectivity index (χ0n) is 11.8. The topological polar surface area (TPSA) is 35.6 Å². The van der Waals surface area contributed by atoms with Crippen LogP contribution in [0.1, 0.15) is 13.8 Å². The van der Waals surface area contributed by atoms with E-state index in [4.69, 9.17) is 0 Å². The molecule has 19 heavy (non-hydrogen) atoms. The number of benzene rings is 1. The number of carbonyl (C=O) groups excluding carboxylic acids is 1. The summed E-state index contributed by atoms with van der Waals surface area (Å²) in [6, 6.07) is 10.7. The van der Waals surface area contributed by atoms with Gasteiger partial charge in [-0.1, -0.05) is 18.2 Å². The van der Waals surface area contributed by atoms with E-state index < -0.39 is 0 Å². The number of amides is 1. The summed E-state index contributed by atoms with van der Waals surface area (Å²) in [5.41, 5.74) is 1.27. The standard InChI is InChI=1S/C15H23N3O/c1-13(2)16-15(19)12-17-8-10-18(11-9-17)14-6-4-3-5-7-14/h3-7,13H,8-12H2,1-2H3,(H,16,19). The molecule has 0 spiro atoms. The zero-order valence-corrected chi connectivity index (χ0v) is 11.8. The van der Waals surface area contributed by atoms with E-state index in [1.807, 2.05) is 19.9 Å². The van der Waals surface area contributed by atoms with Crippen molar-refractivity contribution >= 4 is 11.6 Å². The van der Waals surface area contributed by atoms with E-state index in [0.29, 0.717) is 6.54 Å². The Kier molecular flexibility index (Phi) is 4.80. The monoisotopic (exact) mass is 261 g/mol. The van der Waals surface area contributed by atoms with Crippen molar-refractivity contribution in [1.29, 1.82) is 0 Å². The molecular formula is C15H23N3O. The minimum atomic E-state index is 0.128. The molecule has 0 bridgehead atoms. The summed E-state index contributed by atoms with van der Waals surface area (Å²) < 4.78 is 0. The van der Waals surface area contributed by atoms with E-state index in [-0.39, 0.29) is 11.9 Å². The van der Waals surface area contributed by atoms with Gasteiger partial charge >= 0.3 is 0 Å².